The van der Waals surface area contributed by atoms with Crippen molar-refractivity contribution in [3.8, 4) is 0 Å². The molecule has 0 radical (unpaired) electrons. The fourth-order valence-corrected chi connectivity index (χ4v) is 1.98. The van der Waals surface area contributed by atoms with Gasteiger partial charge in [-0.05, 0) is 59.0 Å². The largest absolute Gasteiger partial charge is 0.324 e. The average molecular weight is 303 g/mol. The van der Waals surface area contributed by atoms with Crippen molar-refractivity contribution in [3.63, 3.8) is 0 Å². The molecule has 0 aliphatic rings. The fourth-order valence-electron chi connectivity index (χ4n) is 1.42. The van der Waals surface area contributed by atoms with Crippen LogP contribution in [-0.2, 0) is 0 Å². The van der Waals surface area contributed by atoms with Crippen LogP contribution in [0, 0.1) is 9.49 Å². The van der Waals surface area contributed by atoms with Crippen molar-refractivity contribution >= 4 is 22.6 Å². The van der Waals surface area contributed by atoms with E-state index < -0.39 is 0 Å². The summed E-state index contributed by atoms with van der Waals surface area (Å²) in [6, 6.07) is 8.66. The number of halogens is 1. The molecular formula is C12H18IN. The van der Waals surface area contributed by atoms with Gasteiger partial charge in [0.15, 0.2) is 0 Å². The van der Waals surface area contributed by atoms with Crippen LogP contribution in [0.3, 0.4) is 0 Å². The van der Waals surface area contributed by atoms with Crippen molar-refractivity contribution < 1.29 is 0 Å². The normalized spacial score (nSPS) is 13.2. The van der Waals surface area contributed by atoms with Crippen LogP contribution in [0.2, 0.25) is 0 Å². The van der Waals surface area contributed by atoms with Gasteiger partial charge in [0.2, 0.25) is 0 Å². The quantitative estimate of drug-likeness (QED) is 0.843. The van der Waals surface area contributed by atoms with Crippen molar-refractivity contribution in [3.05, 3.63) is 33.4 Å². The molecule has 0 amide bonds. The standard InChI is InChI=1S/C12H18IN/c1-9(2)6-7-12(14)10-4-3-5-11(13)8-10/h3-5,8-9,12H,6-7,14H2,1-2H3. The summed E-state index contributed by atoms with van der Waals surface area (Å²) in [4.78, 5) is 0. The Morgan fingerprint density at radius 2 is 2.00 bits per heavy atom. The van der Waals surface area contributed by atoms with Crippen LogP contribution >= 0.6 is 22.6 Å². The Morgan fingerprint density at radius 3 is 2.57 bits per heavy atom. The minimum absolute atomic E-state index is 0.201. The Labute approximate surface area is 100 Å². The maximum atomic E-state index is 6.11. The maximum Gasteiger partial charge on any atom is 0.0295 e. The first-order valence-electron chi connectivity index (χ1n) is 5.10. The van der Waals surface area contributed by atoms with E-state index in [4.69, 9.17) is 5.73 Å². The summed E-state index contributed by atoms with van der Waals surface area (Å²) in [5.41, 5.74) is 7.37. The van der Waals surface area contributed by atoms with E-state index in [0.717, 1.165) is 12.3 Å². The Balaban J connectivity index is 2.56. The molecule has 0 aromatic heterocycles. The molecular weight excluding hydrogens is 285 g/mol. The summed E-state index contributed by atoms with van der Waals surface area (Å²) < 4.78 is 1.26. The number of benzene rings is 1. The molecule has 0 heterocycles. The first-order valence-corrected chi connectivity index (χ1v) is 6.18. The molecule has 0 aliphatic carbocycles. The van der Waals surface area contributed by atoms with Crippen molar-refractivity contribution in [2.75, 3.05) is 0 Å². The predicted octanol–water partition coefficient (Wildman–Crippen LogP) is 3.73. The Kier molecular flexibility index (Phi) is 4.89. The highest BCUT2D eigenvalue weighted by atomic mass is 127. The van der Waals surface area contributed by atoms with Crippen molar-refractivity contribution in [2.45, 2.75) is 32.7 Å². The third-order valence-electron chi connectivity index (χ3n) is 2.33. The maximum absolute atomic E-state index is 6.11. The average Bonchev–Trinajstić information content (AvgIpc) is 2.14. The van der Waals surface area contributed by atoms with Gasteiger partial charge in [-0.2, -0.15) is 0 Å². The zero-order chi connectivity index (χ0) is 10.6. The first kappa shape index (κ1) is 12.0. The van der Waals surface area contributed by atoms with E-state index in [2.05, 4.69) is 60.7 Å². The topological polar surface area (TPSA) is 26.0 Å². The van der Waals surface area contributed by atoms with Gasteiger partial charge in [-0.1, -0.05) is 26.0 Å². The SMILES string of the molecule is CC(C)CCC(N)c1cccc(I)c1. The van der Waals surface area contributed by atoms with Gasteiger partial charge in [0, 0.05) is 9.61 Å². The number of hydrogen-bond acceptors (Lipinski definition) is 1. The van der Waals surface area contributed by atoms with Crippen molar-refractivity contribution in [1.82, 2.24) is 0 Å². The molecule has 0 spiro atoms. The molecule has 0 saturated carbocycles. The molecule has 1 unspecified atom stereocenters. The molecule has 1 rings (SSSR count). The second-order valence-corrected chi connectivity index (χ2v) is 5.38. The summed E-state index contributed by atoms with van der Waals surface area (Å²) in [6.45, 7) is 4.48. The first-order chi connectivity index (χ1) is 6.59. The van der Waals surface area contributed by atoms with E-state index in [1.807, 2.05) is 0 Å². The van der Waals surface area contributed by atoms with E-state index in [9.17, 15) is 0 Å². The van der Waals surface area contributed by atoms with Gasteiger partial charge in [0.1, 0.15) is 0 Å². The highest BCUT2D eigenvalue weighted by molar-refractivity contribution is 14.1. The van der Waals surface area contributed by atoms with Gasteiger partial charge in [-0.3, -0.25) is 0 Å². The fraction of sp³-hybridized carbons (Fsp3) is 0.500. The summed E-state index contributed by atoms with van der Waals surface area (Å²) in [5.74, 6) is 0.740. The summed E-state index contributed by atoms with van der Waals surface area (Å²) in [7, 11) is 0. The van der Waals surface area contributed by atoms with Gasteiger partial charge in [0.05, 0.1) is 0 Å². The lowest BCUT2D eigenvalue weighted by atomic mass is 9.98. The third kappa shape index (κ3) is 3.96. The third-order valence-corrected chi connectivity index (χ3v) is 3.00. The monoisotopic (exact) mass is 303 g/mol. The van der Waals surface area contributed by atoms with Crippen molar-refractivity contribution in [2.24, 2.45) is 11.7 Å². The molecule has 2 N–H and O–H groups in total. The second kappa shape index (κ2) is 5.71. The lowest BCUT2D eigenvalue weighted by molar-refractivity contribution is 0.507. The van der Waals surface area contributed by atoms with Crippen LogP contribution in [0.5, 0.6) is 0 Å². The molecule has 78 valence electrons. The molecule has 0 bridgehead atoms. The van der Waals surface area contributed by atoms with Gasteiger partial charge >= 0.3 is 0 Å². The number of nitrogens with two attached hydrogens (primary N) is 1. The van der Waals surface area contributed by atoms with Crippen LogP contribution < -0.4 is 5.73 Å². The number of rotatable bonds is 4. The molecule has 1 aromatic carbocycles. The predicted molar refractivity (Wildman–Crippen MR) is 70.2 cm³/mol. The van der Waals surface area contributed by atoms with E-state index in [1.54, 1.807) is 0 Å². The van der Waals surface area contributed by atoms with E-state index in [-0.39, 0.29) is 6.04 Å². The van der Waals surface area contributed by atoms with Crippen LogP contribution in [0.1, 0.15) is 38.3 Å². The molecule has 2 heteroatoms. The molecule has 1 nitrogen and oxygen atoms in total. The highest BCUT2D eigenvalue weighted by Gasteiger charge is 2.06. The summed E-state index contributed by atoms with van der Waals surface area (Å²) in [5, 5.41) is 0. The zero-order valence-corrected chi connectivity index (χ0v) is 11.0. The van der Waals surface area contributed by atoms with Gasteiger partial charge < -0.3 is 5.73 Å². The summed E-state index contributed by atoms with van der Waals surface area (Å²) in [6.07, 6.45) is 2.28. The van der Waals surface area contributed by atoms with E-state index in [1.165, 1.54) is 15.6 Å². The highest BCUT2D eigenvalue weighted by Crippen LogP contribution is 2.20. The van der Waals surface area contributed by atoms with Crippen LogP contribution in [0.15, 0.2) is 24.3 Å². The van der Waals surface area contributed by atoms with Gasteiger partial charge in [0.25, 0.3) is 0 Å². The smallest absolute Gasteiger partial charge is 0.0295 e. The molecule has 0 fully saturated rings. The van der Waals surface area contributed by atoms with Crippen LogP contribution in [0.25, 0.3) is 0 Å². The van der Waals surface area contributed by atoms with Crippen LogP contribution in [0.4, 0.5) is 0 Å². The minimum Gasteiger partial charge on any atom is -0.324 e. The summed E-state index contributed by atoms with van der Waals surface area (Å²) >= 11 is 2.33. The molecule has 1 atom stereocenters. The Morgan fingerprint density at radius 1 is 1.29 bits per heavy atom. The number of hydrogen-bond donors (Lipinski definition) is 1. The van der Waals surface area contributed by atoms with Gasteiger partial charge in [-0.15, -0.1) is 0 Å². The van der Waals surface area contributed by atoms with E-state index >= 15 is 0 Å². The van der Waals surface area contributed by atoms with Crippen LogP contribution in [-0.4, -0.2) is 0 Å². The lowest BCUT2D eigenvalue weighted by Gasteiger charge is -2.13. The second-order valence-electron chi connectivity index (χ2n) is 4.13. The molecule has 1 aromatic rings. The lowest BCUT2D eigenvalue weighted by Crippen LogP contribution is -2.11. The molecule has 14 heavy (non-hydrogen) atoms. The zero-order valence-electron chi connectivity index (χ0n) is 8.83. The van der Waals surface area contributed by atoms with Gasteiger partial charge in [-0.25, -0.2) is 0 Å². The molecule has 0 saturated heterocycles. The minimum atomic E-state index is 0.201. The van der Waals surface area contributed by atoms with E-state index in [0.29, 0.717) is 0 Å². The Hall–Kier alpha value is -0.0900. The molecule has 0 aliphatic heterocycles. The van der Waals surface area contributed by atoms with Crippen molar-refractivity contribution in [1.29, 1.82) is 0 Å². The Bertz CT molecular complexity index is 283.